The number of carbonyl (C=O) groups excluding carboxylic acids is 2. The maximum atomic E-state index is 13.1. The van der Waals surface area contributed by atoms with E-state index in [4.69, 9.17) is 4.74 Å². The number of ether oxygens (including phenoxy) is 1. The van der Waals surface area contributed by atoms with E-state index in [1.54, 1.807) is 12.0 Å². The highest BCUT2D eigenvalue weighted by atomic mass is 16.5. The molecular weight excluding hydrogens is 444 g/mol. The van der Waals surface area contributed by atoms with E-state index >= 15 is 0 Å². The molecule has 9 heteroatoms. The van der Waals surface area contributed by atoms with E-state index in [2.05, 4.69) is 34.3 Å². The second kappa shape index (κ2) is 12.9. The van der Waals surface area contributed by atoms with Crippen molar-refractivity contribution in [3.8, 4) is 17.0 Å². The number of nitrogens with zero attached hydrogens (tertiary/aromatic N) is 5. The van der Waals surface area contributed by atoms with Crippen LogP contribution in [-0.2, 0) is 4.79 Å². The third-order valence-corrected chi connectivity index (χ3v) is 5.91. The van der Waals surface area contributed by atoms with Gasteiger partial charge in [0.1, 0.15) is 12.3 Å². The summed E-state index contributed by atoms with van der Waals surface area (Å²) < 4.78 is 5.30. The first-order valence-corrected chi connectivity index (χ1v) is 12.4. The topological polar surface area (TPSA) is 90.9 Å². The van der Waals surface area contributed by atoms with Crippen molar-refractivity contribution in [2.45, 2.75) is 33.6 Å². The number of hydrogen-bond donors (Lipinski definition) is 1. The zero-order chi connectivity index (χ0) is 25.2. The Balaban J connectivity index is 1.59. The Kier molecular flexibility index (Phi) is 9.69. The maximum Gasteiger partial charge on any atom is 0.317 e. The highest BCUT2D eigenvalue weighted by Crippen LogP contribution is 2.23. The summed E-state index contributed by atoms with van der Waals surface area (Å²) in [5.41, 5.74) is 1.73. The molecular formula is C26H38N6O3. The van der Waals surface area contributed by atoms with E-state index < -0.39 is 0 Å². The summed E-state index contributed by atoms with van der Waals surface area (Å²) in [7, 11) is 1.64. The van der Waals surface area contributed by atoms with Crippen LogP contribution in [0.25, 0.3) is 11.3 Å². The van der Waals surface area contributed by atoms with Crippen LogP contribution in [0.5, 0.6) is 5.75 Å². The third-order valence-electron chi connectivity index (χ3n) is 5.91. The minimum atomic E-state index is -0.170. The van der Waals surface area contributed by atoms with E-state index in [1.165, 1.54) is 0 Å². The van der Waals surface area contributed by atoms with Crippen LogP contribution in [0.15, 0.2) is 36.4 Å². The molecule has 0 unspecified atom stereocenters. The van der Waals surface area contributed by atoms with Gasteiger partial charge in [-0.25, -0.2) is 4.79 Å². The second-order valence-corrected chi connectivity index (χ2v) is 9.24. The van der Waals surface area contributed by atoms with Crippen LogP contribution in [0.2, 0.25) is 0 Å². The molecule has 2 aromatic rings. The number of rotatable bonds is 9. The molecule has 1 aliphatic rings. The molecule has 1 fully saturated rings. The van der Waals surface area contributed by atoms with E-state index in [9.17, 15) is 9.59 Å². The Bertz CT molecular complexity index is 966. The zero-order valence-electron chi connectivity index (χ0n) is 21.4. The minimum Gasteiger partial charge on any atom is -0.497 e. The molecule has 9 nitrogen and oxygen atoms in total. The predicted molar refractivity (Wildman–Crippen MR) is 138 cm³/mol. The average Bonchev–Trinajstić information content (AvgIpc) is 3.13. The number of aromatic nitrogens is 2. The number of carbonyl (C=O) groups is 2. The molecule has 3 rings (SSSR count). The summed E-state index contributed by atoms with van der Waals surface area (Å²) in [5, 5.41) is 11.8. The molecule has 1 aromatic heterocycles. The molecule has 0 radical (unpaired) electrons. The van der Waals surface area contributed by atoms with Gasteiger partial charge in [-0.1, -0.05) is 32.9 Å². The molecule has 1 aliphatic heterocycles. The van der Waals surface area contributed by atoms with Crippen molar-refractivity contribution in [3.63, 3.8) is 0 Å². The maximum absolute atomic E-state index is 13.1. The van der Waals surface area contributed by atoms with E-state index in [0.717, 1.165) is 42.2 Å². The Morgan fingerprint density at radius 3 is 2.63 bits per heavy atom. The van der Waals surface area contributed by atoms with Crippen LogP contribution < -0.4 is 15.0 Å². The summed E-state index contributed by atoms with van der Waals surface area (Å²) in [4.78, 5) is 31.3. The summed E-state index contributed by atoms with van der Waals surface area (Å²) in [5.74, 6) is 1.85. The van der Waals surface area contributed by atoms with Gasteiger partial charge in [0.15, 0.2) is 5.82 Å². The zero-order valence-corrected chi connectivity index (χ0v) is 21.4. The van der Waals surface area contributed by atoms with Gasteiger partial charge < -0.3 is 24.8 Å². The van der Waals surface area contributed by atoms with Crippen molar-refractivity contribution in [1.82, 2.24) is 25.3 Å². The molecule has 3 amide bonds. The van der Waals surface area contributed by atoms with Gasteiger partial charge in [-0.05, 0) is 43.0 Å². The second-order valence-electron chi connectivity index (χ2n) is 9.24. The molecule has 1 saturated heterocycles. The van der Waals surface area contributed by atoms with Gasteiger partial charge in [0.2, 0.25) is 5.91 Å². The molecule has 190 valence electrons. The van der Waals surface area contributed by atoms with Crippen molar-refractivity contribution in [3.05, 3.63) is 36.4 Å². The van der Waals surface area contributed by atoms with Gasteiger partial charge in [0.25, 0.3) is 0 Å². The van der Waals surface area contributed by atoms with Crippen molar-refractivity contribution in [2.75, 3.05) is 57.8 Å². The average molecular weight is 483 g/mol. The first kappa shape index (κ1) is 26.2. The monoisotopic (exact) mass is 482 g/mol. The molecule has 1 aromatic carbocycles. The number of benzene rings is 1. The van der Waals surface area contributed by atoms with Crippen LogP contribution in [-0.4, -0.2) is 84.9 Å². The summed E-state index contributed by atoms with van der Waals surface area (Å²) in [6, 6.07) is 11.5. The van der Waals surface area contributed by atoms with Crippen molar-refractivity contribution >= 4 is 17.8 Å². The molecule has 0 atom stereocenters. The molecule has 0 spiro atoms. The number of nitrogens with one attached hydrogen (secondary N) is 1. The fourth-order valence-electron chi connectivity index (χ4n) is 4.09. The quantitative estimate of drug-likeness (QED) is 0.590. The molecule has 0 saturated carbocycles. The number of amides is 3. The third kappa shape index (κ3) is 7.56. The highest BCUT2D eigenvalue weighted by molar-refractivity contribution is 5.84. The highest BCUT2D eigenvalue weighted by Gasteiger charge is 2.24. The number of methoxy groups -OCH3 is 1. The van der Waals surface area contributed by atoms with Gasteiger partial charge in [-0.3, -0.25) is 4.79 Å². The molecule has 0 bridgehead atoms. The van der Waals surface area contributed by atoms with Gasteiger partial charge in [0, 0.05) is 44.8 Å². The first-order chi connectivity index (χ1) is 16.9. The van der Waals surface area contributed by atoms with Crippen LogP contribution in [0, 0.1) is 5.92 Å². The largest absolute Gasteiger partial charge is 0.497 e. The Morgan fingerprint density at radius 2 is 1.94 bits per heavy atom. The van der Waals surface area contributed by atoms with Crippen molar-refractivity contribution < 1.29 is 14.3 Å². The lowest BCUT2D eigenvalue weighted by molar-refractivity contribution is -0.131. The van der Waals surface area contributed by atoms with Gasteiger partial charge >= 0.3 is 6.03 Å². The molecule has 2 heterocycles. The summed E-state index contributed by atoms with van der Waals surface area (Å²) in [6.45, 7) is 10.1. The molecule has 1 N–H and O–H groups in total. The Labute approximate surface area is 208 Å². The van der Waals surface area contributed by atoms with Crippen molar-refractivity contribution in [1.29, 1.82) is 0 Å². The Morgan fingerprint density at radius 1 is 1.11 bits per heavy atom. The lowest BCUT2D eigenvalue weighted by Gasteiger charge is -2.28. The van der Waals surface area contributed by atoms with E-state index in [1.807, 2.05) is 48.2 Å². The fraction of sp³-hybridized carbons (Fsp3) is 0.538. The van der Waals surface area contributed by atoms with Crippen molar-refractivity contribution in [2.24, 2.45) is 5.92 Å². The number of hydrogen-bond acceptors (Lipinski definition) is 6. The predicted octanol–water partition coefficient (Wildman–Crippen LogP) is 3.27. The Hall–Kier alpha value is -3.36. The molecule has 0 aliphatic carbocycles. The van der Waals surface area contributed by atoms with Crippen LogP contribution in [0.3, 0.4) is 0 Å². The first-order valence-electron chi connectivity index (χ1n) is 12.4. The fourth-order valence-corrected chi connectivity index (χ4v) is 4.09. The van der Waals surface area contributed by atoms with E-state index in [-0.39, 0.29) is 24.4 Å². The van der Waals surface area contributed by atoms with Gasteiger partial charge in [-0.2, -0.15) is 0 Å². The van der Waals surface area contributed by atoms with E-state index in [0.29, 0.717) is 32.7 Å². The summed E-state index contributed by atoms with van der Waals surface area (Å²) in [6.07, 6.45) is 1.69. The van der Waals surface area contributed by atoms with Crippen LogP contribution >= 0.6 is 0 Å². The summed E-state index contributed by atoms with van der Waals surface area (Å²) >= 11 is 0. The normalized spacial score (nSPS) is 14.0. The SMILES string of the molecule is CCCNC(=O)N(CC(=O)N1CCCN(c2ccc(-c3cccc(OC)c3)nn2)CC1)CC(C)C. The molecule has 35 heavy (non-hydrogen) atoms. The smallest absolute Gasteiger partial charge is 0.317 e. The lowest BCUT2D eigenvalue weighted by atomic mass is 10.1. The lowest BCUT2D eigenvalue weighted by Crippen LogP contribution is -2.48. The van der Waals surface area contributed by atoms with Crippen LogP contribution in [0.1, 0.15) is 33.6 Å². The van der Waals surface area contributed by atoms with Gasteiger partial charge in [-0.15, -0.1) is 10.2 Å². The standard InChI is InChI=1S/C26H38N6O3/c1-5-12-27-26(34)32(18-20(2)3)19-25(33)31-14-7-13-30(15-16-31)24-11-10-23(28-29-24)21-8-6-9-22(17-21)35-4/h6,8-11,17,20H,5,7,12-16,18-19H2,1-4H3,(H,27,34). The minimum absolute atomic E-state index is 0.0152. The number of urea groups is 1. The number of anilines is 1. The van der Waals surface area contributed by atoms with Crippen LogP contribution in [0.4, 0.5) is 10.6 Å². The van der Waals surface area contributed by atoms with Gasteiger partial charge in [0.05, 0.1) is 12.8 Å².